The summed E-state index contributed by atoms with van der Waals surface area (Å²) in [4.78, 5) is 6.09. The van der Waals surface area contributed by atoms with Crippen molar-refractivity contribution >= 4 is 16.6 Å². The first kappa shape index (κ1) is 24.4. The van der Waals surface area contributed by atoms with E-state index in [9.17, 15) is 13.2 Å². The van der Waals surface area contributed by atoms with Gasteiger partial charge in [0.15, 0.2) is 11.5 Å². The largest absolute Gasteiger partial charge is 0.491 e. The summed E-state index contributed by atoms with van der Waals surface area (Å²) in [6.45, 7) is 2.78. The standard InChI is InChI=1S/C25H27F3N6O2/c1-15(35-2)14-36-19-6-3-16-4-7-20(30-21(16)11-19)24-32-31-22-8-5-17(12-34(22)24)23(25(26,27)28)33-10-9-18(29)13-33/h3-8,11-12,15,18,23H,9-10,13-14,29H2,1-2H3. The first-order valence-corrected chi connectivity index (χ1v) is 11.7. The number of fused-ring (bicyclic) bond motifs is 2. The molecule has 8 nitrogen and oxygen atoms in total. The van der Waals surface area contributed by atoms with Gasteiger partial charge in [0.25, 0.3) is 0 Å². The van der Waals surface area contributed by atoms with Crippen molar-refractivity contribution in [2.24, 2.45) is 5.73 Å². The fourth-order valence-electron chi connectivity index (χ4n) is 4.49. The van der Waals surface area contributed by atoms with Crippen LogP contribution in [-0.2, 0) is 4.74 Å². The molecule has 190 valence electrons. The molecule has 0 amide bonds. The lowest BCUT2D eigenvalue weighted by Crippen LogP contribution is -2.38. The quantitative estimate of drug-likeness (QED) is 0.410. The SMILES string of the molecule is COC(C)COc1ccc2ccc(-c3nnc4ccc(C(N5CCC(N)C5)C(F)(F)F)cn34)nc2c1. The van der Waals surface area contributed by atoms with Crippen LogP contribution in [0.1, 0.15) is 24.9 Å². The molecule has 0 spiro atoms. The van der Waals surface area contributed by atoms with Crippen molar-refractivity contribution in [3.63, 3.8) is 0 Å². The maximum absolute atomic E-state index is 14.1. The van der Waals surface area contributed by atoms with Gasteiger partial charge in [0.1, 0.15) is 24.1 Å². The van der Waals surface area contributed by atoms with E-state index < -0.39 is 12.2 Å². The summed E-state index contributed by atoms with van der Waals surface area (Å²) in [6, 6.07) is 10.2. The van der Waals surface area contributed by atoms with Gasteiger partial charge in [-0.3, -0.25) is 9.30 Å². The molecule has 2 N–H and O–H groups in total. The number of benzene rings is 1. The van der Waals surface area contributed by atoms with Crippen LogP contribution in [0.3, 0.4) is 0 Å². The number of hydrogen-bond acceptors (Lipinski definition) is 7. The van der Waals surface area contributed by atoms with Crippen molar-refractivity contribution in [2.75, 3.05) is 26.8 Å². The van der Waals surface area contributed by atoms with Crippen LogP contribution in [0.15, 0.2) is 48.7 Å². The van der Waals surface area contributed by atoms with Gasteiger partial charge < -0.3 is 15.2 Å². The second-order valence-electron chi connectivity index (χ2n) is 9.11. The van der Waals surface area contributed by atoms with Crippen LogP contribution in [-0.4, -0.2) is 69.6 Å². The minimum Gasteiger partial charge on any atom is -0.491 e. The highest BCUT2D eigenvalue weighted by atomic mass is 19.4. The van der Waals surface area contributed by atoms with Crippen LogP contribution in [0.4, 0.5) is 13.2 Å². The molecule has 36 heavy (non-hydrogen) atoms. The summed E-state index contributed by atoms with van der Waals surface area (Å²) >= 11 is 0. The molecule has 0 radical (unpaired) electrons. The van der Waals surface area contributed by atoms with Gasteiger partial charge in [0, 0.05) is 43.9 Å². The molecule has 0 bridgehead atoms. The van der Waals surface area contributed by atoms with Crippen LogP contribution in [0.5, 0.6) is 5.75 Å². The molecule has 3 unspecified atom stereocenters. The zero-order chi connectivity index (χ0) is 25.4. The molecule has 1 aliphatic rings. The number of hydrogen-bond donors (Lipinski definition) is 1. The van der Waals surface area contributed by atoms with Gasteiger partial charge >= 0.3 is 6.18 Å². The third kappa shape index (κ3) is 4.86. The van der Waals surface area contributed by atoms with E-state index in [-0.39, 0.29) is 30.8 Å². The zero-order valence-electron chi connectivity index (χ0n) is 19.9. The Morgan fingerprint density at radius 2 is 1.94 bits per heavy atom. The van der Waals surface area contributed by atoms with E-state index in [4.69, 9.17) is 20.2 Å². The van der Waals surface area contributed by atoms with Gasteiger partial charge in [-0.05, 0) is 43.2 Å². The van der Waals surface area contributed by atoms with Crippen LogP contribution < -0.4 is 10.5 Å². The Labute approximate surface area is 205 Å². The van der Waals surface area contributed by atoms with Gasteiger partial charge in [0.2, 0.25) is 0 Å². The number of halogens is 3. The third-order valence-electron chi connectivity index (χ3n) is 6.45. The van der Waals surface area contributed by atoms with Gasteiger partial charge in [-0.15, -0.1) is 10.2 Å². The number of alkyl halides is 3. The molecule has 0 saturated carbocycles. The molecule has 0 aliphatic carbocycles. The minimum atomic E-state index is -4.45. The Hall–Kier alpha value is -3.28. The van der Waals surface area contributed by atoms with Gasteiger partial charge in [-0.1, -0.05) is 12.1 Å². The number of rotatable bonds is 7. The van der Waals surface area contributed by atoms with Gasteiger partial charge in [-0.2, -0.15) is 13.2 Å². The molecule has 4 heterocycles. The highest BCUT2D eigenvalue weighted by molar-refractivity contribution is 5.82. The van der Waals surface area contributed by atoms with E-state index in [1.807, 2.05) is 31.2 Å². The summed E-state index contributed by atoms with van der Waals surface area (Å²) in [6.07, 6.45) is -2.54. The molecular weight excluding hydrogens is 473 g/mol. The summed E-state index contributed by atoms with van der Waals surface area (Å²) in [5.41, 5.74) is 7.59. The highest BCUT2D eigenvalue weighted by Crippen LogP contribution is 2.39. The zero-order valence-corrected chi connectivity index (χ0v) is 19.9. The molecule has 1 aromatic carbocycles. The van der Waals surface area contributed by atoms with E-state index >= 15 is 0 Å². The monoisotopic (exact) mass is 500 g/mol. The van der Waals surface area contributed by atoms with E-state index in [1.165, 1.54) is 17.2 Å². The molecule has 3 atom stereocenters. The number of aromatic nitrogens is 4. The predicted molar refractivity (Wildman–Crippen MR) is 129 cm³/mol. The maximum atomic E-state index is 14.1. The highest BCUT2D eigenvalue weighted by Gasteiger charge is 2.46. The van der Waals surface area contributed by atoms with Crippen molar-refractivity contribution in [1.82, 2.24) is 24.5 Å². The van der Waals surface area contributed by atoms with Crippen molar-refractivity contribution in [3.05, 3.63) is 54.2 Å². The Morgan fingerprint density at radius 1 is 1.14 bits per heavy atom. The topological polar surface area (TPSA) is 90.8 Å². The first-order chi connectivity index (χ1) is 17.2. The lowest BCUT2D eigenvalue weighted by Gasteiger charge is -2.30. The fraction of sp³-hybridized carbons (Fsp3) is 0.400. The lowest BCUT2D eigenvalue weighted by molar-refractivity contribution is -0.183. The number of likely N-dealkylation sites (tertiary alicyclic amines) is 1. The number of nitrogens with two attached hydrogens (primary N) is 1. The Balaban J connectivity index is 1.51. The van der Waals surface area contributed by atoms with Crippen molar-refractivity contribution in [3.8, 4) is 17.3 Å². The Bertz CT molecular complexity index is 1380. The van der Waals surface area contributed by atoms with E-state index in [0.717, 1.165) is 5.39 Å². The summed E-state index contributed by atoms with van der Waals surface area (Å²) in [5.74, 6) is 0.994. The molecule has 5 rings (SSSR count). The number of ether oxygens (including phenoxy) is 2. The number of nitrogens with zero attached hydrogens (tertiary/aromatic N) is 5. The fourth-order valence-corrected chi connectivity index (χ4v) is 4.49. The van der Waals surface area contributed by atoms with E-state index in [1.54, 1.807) is 23.6 Å². The Morgan fingerprint density at radius 3 is 2.67 bits per heavy atom. The summed E-state index contributed by atoms with van der Waals surface area (Å²) in [5, 5.41) is 9.26. The molecule has 11 heteroatoms. The smallest absolute Gasteiger partial charge is 0.408 e. The van der Waals surface area contributed by atoms with Crippen molar-refractivity contribution < 1.29 is 22.6 Å². The second-order valence-corrected chi connectivity index (χ2v) is 9.11. The number of pyridine rings is 2. The van der Waals surface area contributed by atoms with Crippen LogP contribution in [0, 0.1) is 0 Å². The average molecular weight is 501 g/mol. The maximum Gasteiger partial charge on any atom is 0.408 e. The predicted octanol–water partition coefficient (Wildman–Crippen LogP) is 3.99. The second kappa shape index (κ2) is 9.64. The molecule has 1 saturated heterocycles. The molecule has 4 aromatic rings. The lowest BCUT2D eigenvalue weighted by atomic mass is 10.1. The molecule has 3 aromatic heterocycles. The van der Waals surface area contributed by atoms with Gasteiger partial charge in [-0.25, -0.2) is 4.98 Å². The summed E-state index contributed by atoms with van der Waals surface area (Å²) in [7, 11) is 1.62. The Kier molecular flexibility index (Phi) is 6.54. The molecular formula is C25H27F3N6O2. The molecule has 1 fully saturated rings. The van der Waals surface area contributed by atoms with Crippen LogP contribution >= 0.6 is 0 Å². The van der Waals surface area contributed by atoms with E-state index in [0.29, 0.717) is 41.5 Å². The normalized spacial score (nSPS) is 18.7. The third-order valence-corrected chi connectivity index (χ3v) is 6.45. The number of methoxy groups -OCH3 is 1. The van der Waals surface area contributed by atoms with Gasteiger partial charge in [0.05, 0.1) is 11.6 Å². The van der Waals surface area contributed by atoms with Crippen LogP contribution in [0.25, 0.3) is 28.1 Å². The average Bonchev–Trinajstić information content (AvgIpc) is 3.47. The first-order valence-electron chi connectivity index (χ1n) is 11.7. The van der Waals surface area contributed by atoms with E-state index in [2.05, 4.69) is 10.2 Å². The molecule has 1 aliphatic heterocycles. The van der Waals surface area contributed by atoms with Crippen LogP contribution in [0.2, 0.25) is 0 Å². The summed E-state index contributed by atoms with van der Waals surface area (Å²) < 4.78 is 54.9. The van der Waals surface area contributed by atoms with Crippen molar-refractivity contribution in [1.29, 1.82) is 0 Å². The minimum absolute atomic E-state index is 0.0617. The van der Waals surface area contributed by atoms with Crippen molar-refractivity contribution in [2.45, 2.75) is 37.7 Å².